The molecule has 0 fully saturated rings. The van der Waals surface area contributed by atoms with Crippen LogP contribution in [0, 0.1) is 0 Å². The van der Waals surface area contributed by atoms with Gasteiger partial charge in [0.05, 0.1) is 11.8 Å². The lowest BCUT2D eigenvalue weighted by Gasteiger charge is -1.94. The van der Waals surface area contributed by atoms with Gasteiger partial charge in [0.15, 0.2) is 5.01 Å². The third kappa shape index (κ3) is 1.96. The molecule has 0 aliphatic carbocycles. The van der Waals surface area contributed by atoms with Crippen molar-refractivity contribution >= 4 is 28.0 Å². The number of fused-ring (bicyclic) bond motifs is 1. The van der Waals surface area contributed by atoms with Gasteiger partial charge in [-0.3, -0.25) is 4.79 Å². The van der Waals surface area contributed by atoms with E-state index in [1.165, 1.54) is 17.6 Å². The van der Waals surface area contributed by atoms with Gasteiger partial charge >= 0.3 is 0 Å². The van der Waals surface area contributed by atoms with Crippen LogP contribution in [0.5, 0.6) is 0 Å². The van der Waals surface area contributed by atoms with Crippen LogP contribution in [0.1, 0.15) is 15.4 Å². The van der Waals surface area contributed by atoms with Crippen LogP contribution in [0.2, 0.25) is 0 Å². The molecule has 0 amide bonds. The molecule has 4 rings (SSSR count). The number of nitrogens with one attached hydrogen (secondary N) is 1. The lowest BCUT2D eigenvalue weighted by Crippen LogP contribution is -1.99. The fourth-order valence-electron chi connectivity index (χ4n) is 2.20. The molecular weight excluding hydrogens is 286 g/mol. The van der Waals surface area contributed by atoms with Crippen molar-refractivity contribution in [3.63, 3.8) is 0 Å². The summed E-state index contributed by atoms with van der Waals surface area (Å²) in [7, 11) is 0. The van der Waals surface area contributed by atoms with E-state index in [0.29, 0.717) is 22.2 Å². The number of nitrogens with zero attached hydrogens (tertiary/aromatic N) is 2. The van der Waals surface area contributed by atoms with E-state index in [9.17, 15) is 4.79 Å². The smallest absolute Gasteiger partial charge is 0.245 e. The number of H-pyrrole nitrogens is 1. The largest absolute Gasteiger partial charge is 0.443 e. The minimum Gasteiger partial charge on any atom is -0.443 e. The van der Waals surface area contributed by atoms with Gasteiger partial charge in [-0.2, -0.15) is 0 Å². The molecule has 102 valence electrons. The average molecular weight is 295 g/mol. The number of para-hydroxylation sites is 1. The quantitative estimate of drug-likeness (QED) is 0.587. The normalized spacial score (nSPS) is 11.0. The van der Waals surface area contributed by atoms with E-state index in [2.05, 4.69) is 15.0 Å². The van der Waals surface area contributed by atoms with Crippen molar-refractivity contribution in [2.24, 2.45) is 0 Å². The first-order valence-electron chi connectivity index (χ1n) is 6.29. The molecule has 1 aromatic carbocycles. The van der Waals surface area contributed by atoms with E-state index in [1.54, 1.807) is 17.8 Å². The first-order valence-corrected chi connectivity index (χ1v) is 7.17. The number of benzene rings is 1. The predicted octanol–water partition coefficient (Wildman–Crippen LogP) is 3.51. The molecule has 0 radical (unpaired) electrons. The number of aromatic amines is 1. The lowest BCUT2D eigenvalue weighted by atomic mass is 10.1. The van der Waals surface area contributed by atoms with Crippen LogP contribution >= 0.6 is 11.3 Å². The fourth-order valence-corrected chi connectivity index (χ4v) is 2.95. The Morgan fingerprint density at radius 3 is 3.05 bits per heavy atom. The molecule has 4 aromatic rings. The maximum atomic E-state index is 12.6. The molecule has 5 nitrogen and oxygen atoms in total. The zero-order valence-electron chi connectivity index (χ0n) is 10.7. The Kier molecular flexibility index (Phi) is 2.68. The molecule has 3 aromatic heterocycles. The first kappa shape index (κ1) is 12.0. The van der Waals surface area contributed by atoms with Crippen LogP contribution < -0.4 is 0 Å². The Labute approximate surface area is 123 Å². The standard InChI is InChI=1S/C15H9N3O2S/c19-13(10-7-17-11-4-2-1-3-9(10)11)15-18-12(8-21-15)14-16-5-6-20-14/h1-8,17H. The zero-order valence-corrected chi connectivity index (χ0v) is 11.6. The van der Waals surface area contributed by atoms with Crippen LogP contribution in [0.4, 0.5) is 0 Å². The highest BCUT2D eigenvalue weighted by atomic mass is 32.1. The summed E-state index contributed by atoms with van der Waals surface area (Å²) in [4.78, 5) is 24.0. The zero-order chi connectivity index (χ0) is 14.2. The number of hydrogen-bond donors (Lipinski definition) is 1. The molecule has 0 saturated heterocycles. The van der Waals surface area contributed by atoms with Crippen molar-refractivity contribution in [2.45, 2.75) is 0 Å². The minimum atomic E-state index is -0.102. The van der Waals surface area contributed by atoms with Crippen LogP contribution in [0.15, 0.2) is 52.7 Å². The summed E-state index contributed by atoms with van der Waals surface area (Å²) >= 11 is 1.29. The molecule has 0 aliphatic heterocycles. The van der Waals surface area contributed by atoms with Crippen molar-refractivity contribution in [3.8, 4) is 11.6 Å². The van der Waals surface area contributed by atoms with Crippen molar-refractivity contribution in [2.75, 3.05) is 0 Å². The van der Waals surface area contributed by atoms with Gasteiger partial charge in [0.2, 0.25) is 11.7 Å². The highest BCUT2D eigenvalue weighted by Crippen LogP contribution is 2.25. The maximum Gasteiger partial charge on any atom is 0.245 e. The van der Waals surface area contributed by atoms with Crippen LogP contribution in [0.3, 0.4) is 0 Å². The third-order valence-electron chi connectivity index (χ3n) is 3.18. The summed E-state index contributed by atoms with van der Waals surface area (Å²) < 4.78 is 5.19. The van der Waals surface area contributed by atoms with Crippen molar-refractivity contribution in [1.82, 2.24) is 15.0 Å². The van der Waals surface area contributed by atoms with E-state index in [0.717, 1.165) is 10.9 Å². The van der Waals surface area contributed by atoms with E-state index >= 15 is 0 Å². The van der Waals surface area contributed by atoms with Gasteiger partial charge in [0, 0.05) is 22.5 Å². The summed E-state index contributed by atoms with van der Waals surface area (Å²) in [5, 5.41) is 3.09. The van der Waals surface area contributed by atoms with Gasteiger partial charge in [0.25, 0.3) is 0 Å². The molecule has 1 N–H and O–H groups in total. The lowest BCUT2D eigenvalue weighted by molar-refractivity contribution is 0.104. The van der Waals surface area contributed by atoms with Gasteiger partial charge < -0.3 is 9.40 Å². The Balaban J connectivity index is 1.75. The Hall–Kier alpha value is -2.73. The highest BCUT2D eigenvalue weighted by molar-refractivity contribution is 7.12. The molecule has 3 heterocycles. The number of rotatable bonds is 3. The van der Waals surface area contributed by atoms with E-state index in [4.69, 9.17) is 4.42 Å². The molecule has 0 atom stereocenters. The average Bonchev–Trinajstić information content (AvgIpc) is 3.25. The van der Waals surface area contributed by atoms with Crippen molar-refractivity contribution in [1.29, 1.82) is 0 Å². The molecule has 0 saturated carbocycles. The van der Waals surface area contributed by atoms with Gasteiger partial charge in [-0.15, -0.1) is 11.3 Å². The topological polar surface area (TPSA) is 71.8 Å². The summed E-state index contributed by atoms with van der Waals surface area (Å²) in [6, 6.07) is 7.69. The second kappa shape index (κ2) is 4.68. The van der Waals surface area contributed by atoms with E-state index < -0.39 is 0 Å². The number of carbonyl (C=O) groups is 1. The van der Waals surface area contributed by atoms with Crippen LogP contribution in [-0.4, -0.2) is 20.7 Å². The molecule has 0 spiro atoms. The summed E-state index contributed by atoms with van der Waals surface area (Å²) in [5.41, 5.74) is 2.14. The highest BCUT2D eigenvalue weighted by Gasteiger charge is 2.18. The van der Waals surface area contributed by atoms with E-state index in [-0.39, 0.29) is 5.78 Å². The fraction of sp³-hybridized carbons (Fsp3) is 0. The summed E-state index contributed by atoms with van der Waals surface area (Å²) in [6.45, 7) is 0. The summed E-state index contributed by atoms with van der Waals surface area (Å²) in [5.74, 6) is 0.319. The molecule has 0 unspecified atom stereocenters. The number of aromatic nitrogens is 3. The second-order valence-corrected chi connectivity index (χ2v) is 5.31. The maximum absolute atomic E-state index is 12.6. The van der Waals surface area contributed by atoms with Gasteiger partial charge in [0.1, 0.15) is 12.0 Å². The number of hydrogen-bond acceptors (Lipinski definition) is 5. The Morgan fingerprint density at radius 2 is 2.19 bits per heavy atom. The SMILES string of the molecule is O=C(c1nc(-c2ncco2)cs1)c1c[nH]c2ccccc12. The summed E-state index contributed by atoms with van der Waals surface area (Å²) in [6.07, 6.45) is 4.75. The monoisotopic (exact) mass is 295 g/mol. The molecule has 21 heavy (non-hydrogen) atoms. The van der Waals surface area contributed by atoms with Gasteiger partial charge in [-0.1, -0.05) is 18.2 Å². The van der Waals surface area contributed by atoms with E-state index in [1.807, 2.05) is 24.3 Å². The van der Waals surface area contributed by atoms with Crippen molar-refractivity contribution in [3.05, 3.63) is 58.9 Å². The first-order chi connectivity index (χ1) is 10.3. The Morgan fingerprint density at radius 1 is 1.29 bits per heavy atom. The number of ketones is 1. The number of thiazole rings is 1. The van der Waals surface area contributed by atoms with Crippen LogP contribution in [-0.2, 0) is 0 Å². The van der Waals surface area contributed by atoms with Crippen LogP contribution in [0.25, 0.3) is 22.5 Å². The number of carbonyl (C=O) groups excluding carboxylic acids is 1. The third-order valence-corrected chi connectivity index (χ3v) is 4.02. The minimum absolute atomic E-state index is 0.102. The molecule has 0 bridgehead atoms. The van der Waals surface area contributed by atoms with Gasteiger partial charge in [-0.05, 0) is 6.07 Å². The van der Waals surface area contributed by atoms with Crippen molar-refractivity contribution < 1.29 is 9.21 Å². The Bertz CT molecular complexity index is 921. The number of oxazole rings is 1. The predicted molar refractivity (Wildman–Crippen MR) is 79.3 cm³/mol. The molecule has 0 aliphatic rings. The molecular formula is C15H9N3O2S. The molecule has 6 heteroatoms. The van der Waals surface area contributed by atoms with Gasteiger partial charge in [-0.25, -0.2) is 9.97 Å². The second-order valence-electron chi connectivity index (χ2n) is 4.45.